The molecule has 0 aromatic heterocycles. The van der Waals surface area contributed by atoms with Gasteiger partial charge >= 0.3 is 0 Å². The van der Waals surface area contributed by atoms with Gasteiger partial charge in [0.05, 0.1) is 5.76 Å². The molecule has 1 aromatic rings. The highest BCUT2D eigenvalue weighted by molar-refractivity contribution is 5.49. The quantitative estimate of drug-likeness (QED) is 0.794. The predicted octanol–water partition coefficient (Wildman–Crippen LogP) is 3.42. The third kappa shape index (κ3) is 2.60. The number of aryl methyl sites for hydroxylation is 1. The van der Waals surface area contributed by atoms with Crippen LogP contribution in [0.15, 0.2) is 30.5 Å². The van der Waals surface area contributed by atoms with Crippen LogP contribution < -0.4 is 4.90 Å². The second kappa shape index (κ2) is 4.78. The molecular formula is C14H18FNO. The number of allylic oxidation sites excluding steroid dienone is 1. The van der Waals surface area contributed by atoms with Crippen LogP contribution in [0.5, 0.6) is 0 Å². The lowest BCUT2D eigenvalue weighted by atomic mass is 9.95. The highest BCUT2D eigenvalue weighted by Gasteiger charge is 2.21. The number of nitrogens with zero attached hydrogens (tertiary/aromatic N) is 1. The number of piperidine rings is 1. The first-order valence-corrected chi connectivity index (χ1v) is 5.97. The zero-order valence-electron chi connectivity index (χ0n) is 10.1. The van der Waals surface area contributed by atoms with Crippen LogP contribution >= 0.6 is 0 Å². The molecule has 3 heteroatoms. The molecule has 0 spiro atoms. The van der Waals surface area contributed by atoms with Gasteiger partial charge in [0.1, 0.15) is 5.82 Å². The molecule has 1 aromatic carbocycles. The fourth-order valence-electron chi connectivity index (χ4n) is 2.30. The summed E-state index contributed by atoms with van der Waals surface area (Å²) < 4.78 is 13.2. The molecule has 0 radical (unpaired) electrons. The smallest absolute Gasteiger partial charge is 0.126 e. The van der Waals surface area contributed by atoms with Crippen molar-refractivity contribution in [2.45, 2.75) is 19.8 Å². The number of benzene rings is 1. The topological polar surface area (TPSA) is 23.5 Å². The highest BCUT2D eigenvalue weighted by atomic mass is 19.1. The molecular weight excluding hydrogens is 217 g/mol. The van der Waals surface area contributed by atoms with E-state index >= 15 is 0 Å². The minimum Gasteiger partial charge on any atom is -0.513 e. The Balaban J connectivity index is 2.05. The maximum atomic E-state index is 13.2. The van der Waals surface area contributed by atoms with Gasteiger partial charge in [0, 0.05) is 24.7 Å². The van der Waals surface area contributed by atoms with Gasteiger partial charge in [-0.1, -0.05) is 6.58 Å². The monoisotopic (exact) mass is 235 g/mol. The van der Waals surface area contributed by atoms with Crippen molar-refractivity contribution in [2.24, 2.45) is 5.92 Å². The summed E-state index contributed by atoms with van der Waals surface area (Å²) in [5.74, 6) is 0.347. The molecule has 1 fully saturated rings. The van der Waals surface area contributed by atoms with Crippen molar-refractivity contribution in [3.8, 4) is 0 Å². The van der Waals surface area contributed by atoms with E-state index in [2.05, 4.69) is 11.5 Å². The van der Waals surface area contributed by atoms with Crippen molar-refractivity contribution in [3.05, 3.63) is 41.9 Å². The van der Waals surface area contributed by atoms with Crippen LogP contribution in [0.4, 0.5) is 10.1 Å². The Morgan fingerprint density at radius 2 is 2.06 bits per heavy atom. The first-order chi connectivity index (χ1) is 8.08. The molecule has 1 aliphatic heterocycles. The summed E-state index contributed by atoms with van der Waals surface area (Å²) in [7, 11) is 0. The van der Waals surface area contributed by atoms with E-state index in [0.717, 1.165) is 31.6 Å². The molecule has 0 atom stereocenters. The van der Waals surface area contributed by atoms with Gasteiger partial charge in [0.15, 0.2) is 0 Å². The molecule has 0 saturated carbocycles. The number of aliphatic hydroxyl groups excluding tert-OH is 1. The van der Waals surface area contributed by atoms with Crippen molar-refractivity contribution < 1.29 is 9.50 Å². The molecule has 2 nitrogen and oxygen atoms in total. The van der Waals surface area contributed by atoms with Crippen molar-refractivity contribution in [1.29, 1.82) is 0 Å². The minimum absolute atomic E-state index is 0.160. The zero-order valence-corrected chi connectivity index (χ0v) is 10.1. The van der Waals surface area contributed by atoms with Crippen LogP contribution in [0.2, 0.25) is 0 Å². The average molecular weight is 235 g/mol. The van der Waals surface area contributed by atoms with Crippen LogP contribution in [0.1, 0.15) is 18.4 Å². The number of aliphatic hydroxyl groups is 1. The Bertz CT molecular complexity index is 422. The number of hydrogen-bond acceptors (Lipinski definition) is 2. The largest absolute Gasteiger partial charge is 0.513 e. The lowest BCUT2D eigenvalue weighted by Gasteiger charge is -2.33. The zero-order chi connectivity index (χ0) is 12.4. The van der Waals surface area contributed by atoms with E-state index in [9.17, 15) is 9.50 Å². The fraction of sp³-hybridized carbons (Fsp3) is 0.429. The van der Waals surface area contributed by atoms with Crippen molar-refractivity contribution >= 4 is 5.69 Å². The Hall–Kier alpha value is -1.51. The highest BCUT2D eigenvalue weighted by Crippen LogP contribution is 2.27. The molecule has 92 valence electrons. The third-order valence-corrected chi connectivity index (χ3v) is 3.47. The maximum absolute atomic E-state index is 13.2. The Morgan fingerprint density at radius 3 is 2.59 bits per heavy atom. The third-order valence-electron chi connectivity index (χ3n) is 3.47. The Labute approximate surface area is 101 Å². The van der Waals surface area contributed by atoms with Gasteiger partial charge in [-0.3, -0.25) is 0 Å². The maximum Gasteiger partial charge on any atom is 0.126 e. The molecule has 1 N–H and O–H groups in total. The summed E-state index contributed by atoms with van der Waals surface area (Å²) in [6.07, 6.45) is 1.82. The standard InChI is InChI=1S/C14H18FNO/c1-10-9-13(3-4-14(10)15)16-7-5-12(6-8-16)11(2)17/h3-4,9,12,17H,2,5-8H2,1H3. The van der Waals surface area contributed by atoms with E-state index in [4.69, 9.17) is 0 Å². The lowest BCUT2D eigenvalue weighted by molar-refractivity contribution is 0.297. The predicted molar refractivity (Wildman–Crippen MR) is 67.8 cm³/mol. The lowest BCUT2D eigenvalue weighted by Crippen LogP contribution is -2.34. The normalized spacial score (nSPS) is 17.2. The number of halogens is 1. The van der Waals surface area contributed by atoms with Crippen LogP contribution in [-0.4, -0.2) is 18.2 Å². The van der Waals surface area contributed by atoms with Crippen LogP contribution in [0, 0.1) is 18.7 Å². The molecule has 2 rings (SSSR count). The van der Waals surface area contributed by atoms with Gasteiger partial charge in [-0.15, -0.1) is 0 Å². The van der Waals surface area contributed by atoms with Gasteiger partial charge < -0.3 is 10.0 Å². The van der Waals surface area contributed by atoms with Gasteiger partial charge in [-0.25, -0.2) is 4.39 Å². The van der Waals surface area contributed by atoms with Gasteiger partial charge in [-0.05, 0) is 43.5 Å². The summed E-state index contributed by atoms with van der Waals surface area (Å²) in [6, 6.07) is 5.21. The van der Waals surface area contributed by atoms with Gasteiger partial charge in [0.25, 0.3) is 0 Å². The van der Waals surface area contributed by atoms with Crippen molar-refractivity contribution in [2.75, 3.05) is 18.0 Å². The van der Waals surface area contributed by atoms with Crippen LogP contribution in [0.3, 0.4) is 0 Å². The molecule has 17 heavy (non-hydrogen) atoms. The summed E-state index contributed by atoms with van der Waals surface area (Å²) in [5, 5.41) is 9.35. The van der Waals surface area contributed by atoms with E-state index in [1.165, 1.54) is 6.07 Å². The van der Waals surface area contributed by atoms with Crippen molar-refractivity contribution in [1.82, 2.24) is 0 Å². The molecule has 1 heterocycles. The fourth-order valence-corrected chi connectivity index (χ4v) is 2.30. The molecule has 1 saturated heterocycles. The average Bonchev–Trinajstić information content (AvgIpc) is 2.33. The van der Waals surface area contributed by atoms with Gasteiger partial charge in [0.2, 0.25) is 0 Å². The number of hydrogen-bond donors (Lipinski definition) is 1. The van der Waals surface area contributed by atoms with Crippen LogP contribution in [-0.2, 0) is 0 Å². The SMILES string of the molecule is C=C(O)C1CCN(c2ccc(F)c(C)c2)CC1. The summed E-state index contributed by atoms with van der Waals surface area (Å²) in [6.45, 7) is 7.14. The second-order valence-electron chi connectivity index (χ2n) is 4.69. The molecule has 0 bridgehead atoms. The van der Waals surface area contributed by atoms with Gasteiger partial charge in [-0.2, -0.15) is 0 Å². The second-order valence-corrected chi connectivity index (χ2v) is 4.69. The summed E-state index contributed by atoms with van der Waals surface area (Å²) in [4.78, 5) is 2.23. The number of rotatable bonds is 2. The van der Waals surface area contributed by atoms with E-state index in [1.807, 2.05) is 12.1 Å². The first-order valence-electron chi connectivity index (χ1n) is 5.97. The number of anilines is 1. The summed E-state index contributed by atoms with van der Waals surface area (Å²) in [5.41, 5.74) is 1.74. The molecule has 0 aliphatic carbocycles. The van der Waals surface area contributed by atoms with Crippen LogP contribution in [0.25, 0.3) is 0 Å². The van der Waals surface area contributed by atoms with E-state index in [0.29, 0.717) is 11.3 Å². The molecule has 1 aliphatic rings. The van der Waals surface area contributed by atoms with E-state index < -0.39 is 0 Å². The Kier molecular flexibility index (Phi) is 3.36. The Morgan fingerprint density at radius 1 is 1.41 bits per heavy atom. The first kappa shape index (κ1) is 12.0. The van der Waals surface area contributed by atoms with Crippen molar-refractivity contribution in [3.63, 3.8) is 0 Å². The minimum atomic E-state index is -0.160. The summed E-state index contributed by atoms with van der Waals surface area (Å²) >= 11 is 0. The van der Waals surface area contributed by atoms with E-state index in [-0.39, 0.29) is 11.7 Å². The molecule has 0 unspecified atom stereocenters. The van der Waals surface area contributed by atoms with E-state index in [1.54, 1.807) is 6.92 Å². The molecule has 0 amide bonds.